The molecule has 1 heterocycles. The number of nitrogens with one attached hydrogen (secondary N) is 1. The Hall–Kier alpha value is -2.60. The van der Waals surface area contributed by atoms with Gasteiger partial charge in [0.1, 0.15) is 0 Å². The molecule has 0 aliphatic heterocycles. The average molecular weight is 437 g/mol. The lowest BCUT2D eigenvalue weighted by Crippen LogP contribution is -2.33. The topological polar surface area (TPSA) is 59.8 Å². The Bertz CT molecular complexity index is 1020. The molecule has 0 fully saturated rings. The van der Waals surface area contributed by atoms with E-state index in [1.54, 1.807) is 0 Å². The second-order valence-electron chi connectivity index (χ2n) is 8.97. The highest BCUT2D eigenvalue weighted by Gasteiger charge is 2.19. The summed E-state index contributed by atoms with van der Waals surface area (Å²) < 4.78 is 2.03. The zero-order valence-corrected chi connectivity index (χ0v) is 20.1. The van der Waals surface area contributed by atoms with Gasteiger partial charge < -0.3 is 5.32 Å². The fourth-order valence-electron chi connectivity index (χ4n) is 3.14. The van der Waals surface area contributed by atoms with Crippen molar-refractivity contribution in [3.63, 3.8) is 0 Å². The number of aryl methyl sites for hydroxylation is 1. The van der Waals surface area contributed by atoms with Crippen LogP contribution in [0.4, 0.5) is 0 Å². The van der Waals surface area contributed by atoms with Crippen LogP contribution in [0.25, 0.3) is 17.1 Å². The lowest BCUT2D eigenvalue weighted by molar-refractivity contribution is -0.119. The molecular formula is C25H32N4OS. The van der Waals surface area contributed by atoms with Gasteiger partial charge in [-0.05, 0) is 43.4 Å². The van der Waals surface area contributed by atoms with E-state index in [4.69, 9.17) is 0 Å². The van der Waals surface area contributed by atoms with E-state index in [9.17, 15) is 4.79 Å². The quantitative estimate of drug-likeness (QED) is 0.494. The molecule has 1 N–H and O–H groups in total. The maximum atomic E-state index is 12.3. The van der Waals surface area contributed by atoms with Crippen LogP contribution < -0.4 is 5.32 Å². The first-order valence-electron chi connectivity index (χ1n) is 10.7. The van der Waals surface area contributed by atoms with E-state index in [0.717, 1.165) is 23.5 Å². The number of carbonyl (C=O) groups is 1. The molecule has 0 aliphatic rings. The van der Waals surface area contributed by atoms with Gasteiger partial charge >= 0.3 is 0 Å². The molecule has 0 bridgehead atoms. The Morgan fingerprint density at radius 1 is 1.06 bits per heavy atom. The van der Waals surface area contributed by atoms with Crippen molar-refractivity contribution in [1.29, 1.82) is 0 Å². The minimum absolute atomic E-state index is 0.00823. The largest absolute Gasteiger partial charge is 0.353 e. The number of benzene rings is 2. The first-order valence-corrected chi connectivity index (χ1v) is 11.7. The van der Waals surface area contributed by atoms with E-state index in [-0.39, 0.29) is 17.4 Å². The lowest BCUT2D eigenvalue weighted by Gasteiger charge is -2.19. The van der Waals surface area contributed by atoms with E-state index in [1.165, 1.54) is 22.9 Å². The third-order valence-electron chi connectivity index (χ3n) is 5.29. The normalized spacial score (nSPS) is 12.6. The van der Waals surface area contributed by atoms with Gasteiger partial charge in [-0.1, -0.05) is 81.4 Å². The molecule has 0 saturated carbocycles. The summed E-state index contributed by atoms with van der Waals surface area (Å²) >= 11 is 1.41. The maximum Gasteiger partial charge on any atom is 0.230 e. The summed E-state index contributed by atoms with van der Waals surface area (Å²) in [7, 11) is 0. The van der Waals surface area contributed by atoms with Crippen molar-refractivity contribution in [2.24, 2.45) is 0 Å². The molecule has 1 amide bonds. The molecule has 3 aromatic rings. The number of hydrogen-bond donors (Lipinski definition) is 1. The second-order valence-corrected chi connectivity index (χ2v) is 9.91. The predicted molar refractivity (Wildman–Crippen MR) is 129 cm³/mol. The number of amides is 1. The number of nitrogens with zero attached hydrogens (tertiary/aromatic N) is 3. The Labute approximate surface area is 189 Å². The molecule has 3 rings (SSSR count). The maximum absolute atomic E-state index is 12.3. The van der Waals surface area contributed by atoms with Crippen LogP contribution in [0.5, 0.6) is 0 Å². The SMILES string of the molecule is CCC(C)NC(=O)CSc1nnc(-c2ccc(C(C)(C)C)cc2)n1-c1ccc(C)cc1. The summed E-state index contributed by atoms with van der Waals surface area (Å²) in [6, 6.07) is 16.9. The molecule has 164 valence electrons. The summed E-state index contributed by atoms with van der Waals surface area (Å²) in [6.07, 6.45) is 0.907. The third kappa shape index (κ3) is 5.76. The standard InChI is InChI=1S/C25H32N4OS/c1-7-18(3)26-22(30)16-31-24-28-27-23(29(24)21-14-8-17(2)9-15-21)19-10-12-20(13-11-19)25(4,5)6/h8-15,18H,7,16H2,1-6H3,(H,26,30). The summed E-state index contributed by atoms with van der Waals surface area (Å²) in [5.41, 5.74) is 4.53. The van der Waals surface area contributed by atoms with Crippen LogP contribution in [0.2, 0.25) is 0 Å². The van der Waals surface area contributed by atoms with Gasteiger partial charge in [-0.3, -0.25) is 9.36 Å². The molecule has 6 heteroatoms. The molecule has 31 heavy (non-hydrogen) atoms. The molecule has 0 radical (unpaired) electrons. The Balaban J connectivity index is 1.94. The highest BCUT2D eigenvalue weighted by molar-refractivity contribution is 7.99. The van der Waals surface area contributed by atoms with Crippen LogP contribution in [-0.2, 0) is 10.2 Å². The number of hydrogen-bond acceptors (Lipinski definition) is 4. The summed E-state index contributed by atoms with van der Waals surface area (Å²) in [5.74, 6) is 1.08. The van der Waals surface area contributed by atoms with Gasteiger partial charge in [0.2, 0.25) is 5.91 Å². The van der Waals surface area contributed by atoms with Crippen molar-refractivity contribution >= 4 is 17.7 Å². The van der Waals surface area contributed by atoms with Gasteiger partial charge in [0.25, 0.3) is 0 Å². The van der Waals surface area contributed by atoms with Crippen LogP contribution in [0.15, 0.2) is 53.7 Å². The molecule has 0 saturated heterocycles. The fourth-order valence-corrected chi connectivity index (χ4v) is 3.91. The van der Waals surface area contributed by atoms with Crippen LogP contribution in [0.1, 0.15) is 52.2 Å². The molecule has 1 unspecified atom stereocenters. The van der Waals surface area contributed by atoms with E-state index in [2.05, 4.69) is 98.7 Å². The minimum Gasteiger partial charge on any atom is -0.353 e. The van der Waals surface area contributed by atoms with Crippen LogP contribution in [0.3, 0.4) is 0 Å². The number of rotatable bonds is 7. The van der Waals surface area contributed by atoms with Crippen molar-refractivity contribution in [3.8, 4) is 17.1 Å². The lowest BCUT2D eigenvalue weighted by atomic mass is 9.87. The minimum atomic E-state index is 0.00823. The third-order valence-corrected chi connectivity index (χ3v) is 6.22. The van der Waals surface area contributed by atoms with E-state index in [0.29, 0.717) is 10.9 Å². The van der Waals surface area contributed by atoms with Gasteiger partial charge in [-0.15, -0.1) is 10.2 Å². The zero-order valence-electron chi connectivity index (χ0n) is 19.3. The summed E-state index contributed by atoms with van der Waals surface area (Å²) in [4.78, 5) is 12.3. The fraction of sp³-hybridized carbons (Fsp3) is 0.400. The zero-order chi connectivity index (χ0) is 22.6. The van der Waals surface area contributed by atoms with Gasteiger partial charge in [0, 0.05) is 17.3 Å². The molecule has 1 aromatic heterocycles. The summed E-state index contributed by atoms with van der Waals surface area (Å²) in [5, 5.41) is 12.6. The smallest absolute Gasteiger partial charge is 0.230 e. The highest BCUT2D eigenvalue weighted by Crippen LogP contribution is 2.30. The van der Waals surface area contributed by atoms with Gasteiger partial charge in [-0.2, -0.15) is 0 Å². The van der Waals surface area contributed by atoms with Gasteiger partial charge in [0.05, 0.1) is 5.75 Å². The van der Waals surface area contributed by atoms with Crippen LogP contribution >= 0.6 is 11.8 Å². The van der Waals surface area contributed by atoms with Crippen molar-refractivity contribution < 1.29 is 4.79 Å². The molecular weight excluding hydrogens is 404 g/mol. The van der Waals surface area contributed by atoms with Crippen molar-refractivity contribution in [3.05, 3.63) is 59.7 Å². The van der Waals surface area contributed by atoms with Gasteiger partial charge in [-0.25, -0.2) is 0 Å². The Kier molecular flexibility index (Phi) is 7.21. The first-order chi connectivity index (χ1) is 14.7. The Morgan fingerprint density at radius 2 is 1.71 bits per heavy atom. The van der Waals surface area contributed by atoms with E-state index < -0.39 is 0 Å². The average Bonchev–Trinajstić information content (AvgIpc) is 3.16. The predicted octanol–water partition coefficient (Wildman–Crippen LogP) is 5.55. The monoisotopic (exact) mass is 436 g/mol. The number of carbonyl (C=O) groups excluding carboxylic acids is 1. The van der Waals surface area contributed by atoms with Crippen LogP contribution in [-0.4, -0.2) is 32.5 Å². The molecule has 1 atom stereocenters. The Morgan fingerprint density at radius 3 is 2.29 bits per heavy atom. The number of aromatic nitrogens is 3. The number of thioether (sulfide) groups is 1. The van der Waals surface area contributed by atoms with E-state index >= 15 is 0 Å². The highest BCUT2D eigenvalue weighted by atomic mass is 32.2. The molecule has 2 aromatic carbocycles. The molecule has 0 aliphatic carbocycles. The van der Waals surface area contributed by atoms with Crippen molar-refractivity contribution in [2.75, 3.05) is 5.75 Å². The first kappa shape index (κ1) is 23.1. The molecule has 5 nitrogen and oxygen atoms in total. The van der Waals surface area contributed by atoms with Crippen molar-refractivity contribution in [2.45, 2.75) is 64.6 Å². The summed E-state index contributed by atoms with van der Waals surface area (Å²) in [6.45, 7) is 12.7. The van der Waals surface area contributed by atoms with E-state index in [1.807, 2.05) is 11.5 Å². The van der Waals surface area contributed by atoms with Gasteiger partial charge in [0.15, 0.2) is 11.0 Å². The molecule has 0 spiro atoms. The van der Waals surface area contributed by atoms with Crippen LogP contribution in [0, 0.1) is 6.92 Å². The van der Waals surface area contributed by atoms with Crippen molar-refractivity contribution in [1.82, 2.24) is 20.1 Å². The second kappa shape index (κ2) is 9.69.